The Morgan fingerprint density at radius 2 is 2.17 bits per heavy atom. The maximum atomic E-state index is 12.7. The van der Waals surface area contributed by atoms with Gasteiger partial charge in [-0.15, -0.1) is 0 Å². The van der Waals surface area contributed by atoms with E-state index in [9.17, 15) is 9.59 Å². The number of benzene rings is 1. The van der Waals surface area contributed by atoms with E-state index in [1.807, 2.05) is 32.0 Å². The topological polar surface area (TPSA) is 64.0 Å². The zero-order valence-electron chi connectivity index (χ0n) is 13.4. The monoisotopic (exact) mass is 331 g/mol. The van der Waals surface area contributed by atoms with Crippen LogP contribution < -0.4 is 10.9 Å². The van der Waals surface area contributed by atoms with Crippen molar-refractivity contribution in [1.29, 1.82) is 0 Å². The predicted molar refractivity (Wildman–Crippen MR) is 92.8 cm³/mol. The summed E-state index contributed by atoms with van der Waals surface area (Å²) < 4.78 is 1.69. The molecule has 1 heterocycles. The lowest BCUT2D eigenvalue weighted by Gasteiger charge is -2.15. The van der Waals surface area contributed by atoms with Gasteiger partial charge in [0.2, 0.25) is 5.91 Å². The molecule has 0 aliphatic heterocycles. The van der Waals surface area contributed by atoms with Crippen LogP contribution in [0.4, 0.5) is 0 Å². The van der Waals surface area contributed by atoms with Crippen LogP contribution in [0.2, 0.25) is 0 Å². The number of rotatable bonds is 6. The minimum atomic E-state index is -0.272. The van der Waals surface area contributed by atoms with Crippen molar-refractivity contribution in [2.45, 2.75) is 56.1 Å². The van der Waals surface area contributed by atoms with Crippen molar-refractivity contribution in [3.63, 3.8) is 0 Å². The number of fused-ring (bicyclic) bond motifs is 1. The molecule has 1 aliphatic carbocycles. The lowest BCUT2D eigenvalue weighted by molar-refractivity contribution is -0.120. The van der Waals surface area contributed by atoms with E-state index in [1.54, 1.807) is 10.6 Å². The highest BCUT2D eigenvalue weighted by Crippen LogP contribution is 2.25. The van der Waals surface area contributed by atoms with Gasteiger partial charge in [-0.3, -0.25) is 14.2 Å². The van der Waals surface area contributed by atoms with Crippen LogP contribution in [0, 0.1) is 0 Å². The molecule has 5 nitrogen and oxygen atoms in total. The Labute approximate surface area is 139 Å². The average molecular weight is 331 g/mol. The van der Waals surface area contributed by atoms with Crippen molar-refractivity contribution in [1.82, 2.24) is 14.9 Å². The Balaban J connectivity index is 1.92. The number of carbonyl (C=O) groups excluding carboxylic acids is 1. The van der Waals surface area contributed by atoms with E-state index in [0.29, 0.717) is 28.6 Å². The molecule has 122 valence electrons. The highest BCUT2D eigenvalue weighted by Gasteiger charge is 2.27. The summed E-state index contributed by atoms with van der Waals surface area (Å²) in [4.78, 5) is 29.5. The first-order valence-corrected chi connectivity index (χ1v) is 8.94. The molecule has 0 spiro atoms. The number of thioether (sulfide) groups is 1. The molecule has 0 radical (unpaired) electrons. The first-order chi connectivity index (χ1) is 11.1. The second kappa shape index (κ2) is 6.74. The number of nitrogens with one attached hydrogen (secondary N) is 1. The molecule has 1 fully saturated rings. The standard InChI is InChI=1S/C17H21N3O2S/c1-3-10-20-16(22)13-6-4-5-7-14(13)19-17(20)23-11(2)15(21)18-12-8-9-12/h4-7,11-12H,3,8-10H2,1-2H3,(H,18,21). The molecule has 0 saturated heterocycles. The van der Waals surface area contributed by atoms with Gasteiger partial charge in [-0.05, 0) is 38.3 Å². The molecule has 3 rings (SSSR count). The summed E-state index contributed by atoms with van der Waals surface area (Å²) in [5, 5.41) is 3.98. The van der Waals surface area contributed by atoms with Gasteiger partial charge in [0.25, 0.3) is 5.56 Å². The normalized spacial score (nSPS) is 15.6. The Morgan fingerprint density at radius 1 is 1.43 bits per heavy atom. The van der Waals surface area contributed by atoms with E-state index in [0.717, 1.165) is 19.3 Å². The quantitative estimate of drug-likeness (QED) is 0.653. The number of amides is 1. The molecular formula is C17H21N3O2S. The number of nitrogens with zero attached hydrogens (tertiary/aromatic N) is 2. The molecule has 1 unspecified atom stereocenters. The Bertz CT molecular complexity index is 783. The second-order valence-corrected chi connectivity index (χ2v) is 7.22. The van der Waals surface area contributed by atoms with Crippen LogP contribution in [0.3, 0.4) is 0 Å². The molecule has 1 amide bonds. The van der Waals surface area contributed by atoms with Crippen molar-refractivity contribution >= 4 is 28.6 Å². The summed E-state index contributed by atoms with van der Waals surface area (Å²) in [6.45, 7) is 4.50. The van der Waals surface area contributed by atoms with E-state index in [-0.39, 0.29) is 16.7 Å². The van der Waals surface area contributed by atoms with Gasteiger partial charge in [-0.2, -0.15) is 0 Å². The second-order valence-electron chi connectivity index (χ2n) is 5.91. The van der Waals surface area contributed by atoms with Crippen LogP contribution in [0.15, 0.2) is 34.2 Å². The lowest BCUT2D eigenvalue weighted by atomic mass is 10.2. The van der Waals surface area contributed by atoms with E-state index in [1.165, 1.54) is 11.8 Å². The SMILES string of the molecule is CCCn1c(SC(C)C(=O)NC2CC2)nc2ccccc2c1=O. The van der Waals surface area contributed by atoms with Crippen LogP contribution >= 0.6 is 11.8 Å². The van der Waals surface area contributed by atoms with Crippen molar-refractivity contribution in [2.24, 2.45) is 0 Å². The summed E-state index contributed by atoms with van der Waals surface area (Å²) in [6.07, 6.45) is 2.98. The molecule has 23 heavy (non-hydrogen) atoms. The molecule has 2 aromatic rings. The number of aromatic nitrogens is 2. The fourth-order valence-corrected chi connectivity index (χ4v) is 3.36. The van der Waals surface area contributed by atoms with Crippen molar-refractivity contribution in [3.05, 3.63) is 34.6 Å². The van der Waals surface area contributed by atoms with Gasteiger partial charge in [0.15, 0.2) is 5.16 Å². The molecule has 1 aromatic heterocycles. The molecule has 1 saturated carbocycles. The molecule has 1 atom stereocenters. The zero-order valence-corrected chi connectivity index (χ0v) is 14.2. The van der Waals surface area contributed by atoms with Gasteiger partial charge < -0.3 is 5.32 Å². The number of para-hydroxylation sites is 1. The highest BCUT2D eigenvalue weighted by molar-refractivity contribution is 8.00. The van der Waals surface area contributed by atoms with Crippen molar-refractivity contribution in [3.8, 4) is 0 Å². The maximum absolute atomic E-state index is 12.7. The molecular weight excluding hydrogens is 310 g/mol. The Hall–Kier alpha value is -1.82. The highest BCUT2D eigenvalue weighted by atomic mass is 32.2. The molecule has 1 aromatic carbocycles. The fourth-order valence-electron chi connectivity index (χ4n) is 2.42. The van der Waals surface area contributed by atoms with Crippen LogP contribution in [-0.4, -0.2) is 26.8 Å². The van der Waals surface area contributed by atoms with Gasteiger partial charge in [0.1, 0.15) is 0 Å². The summed E-state index contributed by atoms with van der Waals surface area (Å²) in [7, 11) is 0. The van der Waals surface area contributed by atoms with E-state index in [4.69, 9.17) is 0 Å². The van der Waals surface area contributed by atoms with Crippen LogP contribution in [-0.2, 0) is 11.3 Å². The minimum absolute atomic E-state index is 0.0166. The number of hydrogen-bond donors (Lipinski definition) is 1. The Morgan fingerprint density at radius 3 is 2.87 bits per heavy atom. The first kappa shape index (κ1) is 16.1. The third-order valence-corrected chi connectivity index (χ3v) is 4.94. The summed E-state index contributed by atoms with van der Waals surface area (Å²) in [5.74, 6) is 0.0166. The number of hydrogen-bond acceptors (Lipinski definition) is 4. The van der Waals surface area contributed by atoms with Crippen LogP contribution in [0.5, 0.6) is 0 Å². The molecule has 6 heteroatoms. The van der Waals surface area contributed by atoms with Crippen LogP contribution in [0.1, 0.15) is 33.1 Å². The van der Waals surface area contributed by atoms with Crippen LogP contribution in [0.25, 0.3) is 10.9 Å². The Kier molecular flexibility index (Phi) is 4.71. The summed E-state index contributed by atoms with van der Waals surface area (Å²) in [6, 6.07) is 7.70. The van der Waals surface area contributed by atoms with E-state index >= 15 is 0 Å². The summed E-state index contributed by atoms with van der Waals surface area (Å²) >= 11 is 1.36. The predicted octanol–water partition coefficient (Wildman–Crippen LogP) is 2.57. The minimum Gasteiger partial charge on any atom is -0.352 e. The van der Waals surface area contributed by atoms with Gasteiger partial charge in [0, 0.05) is 12.6 Å². The van der Waals surface area contributed by atoms with Gasteiger partial charge in [-0.25, -0.2) is 4.98 Å². The number of carbonyl (C=O) groups is 1. The van der Waals surface area contributed by atoms with Crippen molar-refractivity contribution < 1.29 is 4.79 Å². The molecule has 1 N–H and O–H groups in total. The van der Waals surface area contributed by atoms with Gasteiger partial charge in [-0.1, -0.05) is 30.8 Å². The van der Waals surface area contributed by atoms with E-state index in [2.05, 4.69) is 10.3 Å². The fraction of sp³-hybridized carbons (Fsp3) is 0.471. The molecule has 0 bridgehead atoms. The molecule has 1 aliphatic rings. The maximum Gasteiger partial charge on any atom is 0.262 e. The first-order valence-electron chi connectivity index (χ1n) is 8.06. The van der Waals surface area contributed by atoms with E-state index < -0.39 is 0 Å². The van der Waals surface area contributed by atoms with Crippen molar-refractivity contribution in [2.75, 3.05) is 0 Å². The smallest absolute Gasteiger partial charge is 0.262 e. The van der Waals surface area contributed by atoms with Gasteiger partial charge in [0.05, 0.1) is 16.2 Å². The average Bonchev–Trinajstić information content (AvgIpc) is 3.35. The third kappa shape index (κ3) is 3.58. The largest absolute Gasteiger partial charge is 0.352 e. The lowest BCUT2D eigenvalue weighted by Crippen LogP contribution is -2.33. The third-order valence-electron chi connectivity index (χ3n) is 3.85. The van der Waals surface area contributed by atoms with Gasteiger partial charge >= 0.3 is 0 Å². The summed E-state index contributed by atoms with van der Waals surface area (Å²) in [5.41, 5.74) is 0.650. The zero-order chi connectivity index (χ0) is 16.4.